The zero-order chi connectivity index (χ0) is 18.5. The first kappa shape index (κ1) is 18.4. The van der Waals surface area contributed by atoms with Gasteiger partial charge in [0.25, 0.3) is 5.91 Å². The van der Waals surface area contributed by atoms with E-state index in [-0.39, 0.29) is 24.3 Å². The first-order valence-corrected chi connectivity index (χ1v) is 8.81. The smallest absolute Gasteiger partial charge is 0.271 e. The SMILES string of the molecule is COCCNC(=O)c1cc2n(n1)C[C@@H](NC(=O)Cc1ccccc1Cl)C2. The standard InChI is InChI=1S/C18H21ClN4O3/c1-26-7-6-20-18(25)16-10-14-9-13(11-23(14)22-16)21-17(24)8-12-4-2-3-5-15(12)19/h2-5,10,13H,6-9,11H2,1H3,(H,20,25)(H,21,24)/t13-/m0/s1. The molecule has 7 nitrogen and oxygen atoms in total. The summed E-state index contributed by atoms with van der Waals surface area (Å²) in [5.41, 5.74) is 2.12. The van der Waals surface area contributed by atoms with Crippen LogP contribution < -0.4 is 10.6 Å². The second-order valence-corrected chi connectivity index (χ2v) is 6.60. The van der Waals surface area contributed by atoms with Gasteiger partial charge in [-0.1, -0.05) is 29.8 Å². The summed E-state index contributed by atoms with van der Waals surface area (Å²) in [6.07, 6.45) is 0.887. The van der Waals surface area contributed by atoms with Gasteiger partial charge in [0.15, 0.2) is 0 Å². The number of nitrogens with one attached hydrogen (secondary N) is 2. The molecule has 2 aromatic rings. The van der Waals surface area contributed by atoms with E-state index in [9.17, 15) is 9.59 Å². The van der Waals surface area contributed by atoms with Crippen LogP contribution in [0, 0.1) is 0 Å². The van der Waals surface area contributed by atoms with Gasteiger partial charge >= 0.3 is 0 Å². The highest BCUT2D eigenvalue weighted by atomic mass is 35.5. The van der Waals surface area contributed by atoms with Crippen LogP contribution in [0.3, 0.4) is 0 Å². The van der Waals surface area contributed by atoms with E-state index < -0.39 is 0 Å². The van der Waals surface area contributed by atoms with Crippen molar-refractivity contribution in [3.63, 3.8) is 0 Å². The van der Waals surface area contributed by atoms with Gasteiger partial charge in [-0.2, -0.15) is 5.10 Å². The lowest BCUT2D eigenvalue weighted by molar-refractivity contribution is -0.121. The Morgan fingerprint density at radius 1 is 1.38 bits per heavy atom. The summed E-state index contributed by atoms with van der Waals surface area (Å²) in [6, 6.07) is 9.05. The maximum atomic E-state index is 12.2. The van der Waals surface area contributed by atoms with E-state index in [4.69, 9.17) is 16.3 Å². The summed E-state index contributed by atoms with van der Waals surface area (Å²) in [5, 5.41) is 10.7. The maximum absolute atomic E-state index is 12.2. The summed E-state index contributed by atoms with van der Waals surface area (Å²) in [6.45, 7) is 1.45. The van der Waals surface area contributed by atoms with Gasteiger partial charge in [-0.3, -0.25) is 14.3 Å². The molecule has 1 aromatic heterocycles. The van der Waals surface area contributed by atoms with Crippen molar-refractivity contribution >= 4 is 23.4 Å². The average molecular weight is 377 g/mol. The molecule has 0 spiro atoms. The quantitative estimate of drug-likeness (QED) is 0.711. The van der Waals surface area contributed by atoms with Crippen LogP contribution in [-0.2, 0) is 28.9 Å². The molecule has 0 bridgehead atoms. The van der Waals surface area contributed by atoms with Gasteiger partial charge < -0.3 is 15.4 Å². The molecule has 2 N–H and O–H groups in total. The molecular weight excluding hydrogens is 356 g/mol. The molecule has 3 rings (SSSR count). The Balaban J connectivity index is 1.51. The third-order valence-electron chi connectivity index (χ3n) is 4.21. The fraction of sp³-hybridized carbons (Fsp3) is 0.389. The van der Waals surface area contributed by atoms with E-state index >= 15 is 0 Å². The molecule has 0 aliphatic carbocycles. The Kier molecular flexibility index (Phi) is 5.90. The van der Waals surface area contributed by atoms with E-state index in [0.717, 1.165) is 11.3 Å². The summed E-state index contributed by atoms with van der Waals surface area (Å²) in [4.78, 5) is 24.2. The number of rotatable bonds is 7. The van der Waals surface area contributed by atoms with Crippen molar-refractivity contribution in [1.29, 1.82) is 0 Å². The summed E-state index contributed by atoms with van der Waals surface area (Å²) < 4.78 is 6.67. The Bertz CT molecular complexity index is 782. The van der Waals surface area contributed by atoms with Gasteiger partial charge in [-0.15, -0.1) is 0 Å². The fourth-order valence-corrected chi connectivity index (χ4v) is 3.16. The highest BCUT2D eigenvalue weighted by Gasteiger charge is 2.26. The van der Waals surface area contributed by atoms with Crippen LogP contribution in [0.25, 0.3) is 0 Å². The molecule has 8 heteroatoms. The van der Waals surface area contributed by atoms with Crippen molar-refractivity contribution in [3.8, 4) is 0 Å². The summed E-state index contributed by atoms with van der Waals surface area (Å²) in [7, 11) is 1.58. The van der Waals surface area contributed by atoms with E-state index in [1.54, 1.807) is 23.9 Å². The predicted octanol–water partition coefficient (Wildman–Crippen LogP) is 1.20. The van der Waals surface area contributed by atoms with Gasteiger partial charge in [-0.05, 0) is 17.7 Å². The van der Waals surface area contributed by atoms with Crippen LogP contribution in [0.2, 0.25) is 5.02 Å². The minimum Gasteiger partial charge on any atom is -0.383 e. The Morgan fingerprint density at radius 2 is 2.19 bits per heavy atom. The largest absolute Gasteiger partial charge is 0.383 e. The van der Waals surface area contributed by atoms with E-state index in [2.05, 4.69) is 15.7 Å². The number of carbonyl (C=O) groups excluding carboxylic acids is 2. The molecule has 26 heavy (non-hydrogen) atoms. The molecular formula is C18H21ClN4O3. The van der Waals surface area contributed by atoms with Crippen molar-refractivity contribution in [2.75, 3.05) is 20.3 Å². The highest BCUT2D eigenvalue weighted by Crippen LogP contribution is 2.18. The lowest BCUT2D eigenvalue weighted by Gasteiger charge is -2.12. The van der Waals surface area contributed by atoms with E-state index in [1.807, 2.05) is 18.2 Å². The molecule has 1 atom stereocenters. The molecule has 0 radical (unpaired) electrons. The number of fused-ring (bicyclic) bond motifs is 1. The monoisotopic (exact) mass is 376 g/mol. The molecule has 2 amide bonds. The topological polar surface area (TPSA) is 85.2 Å². The first-order valence-electron chi connectivity index (χ1n) is 8.43. The number of amides is 2. The van der Waals surface area contributed by atoms with Crippen LogP contribution in [0.5, 0.6) is 0 Å². The van der Waals surface area contributed by atoms with Crippen molar-refractivity contribution in [1.82, 2.24) is 20.4 Å². The maximum Gasteiger partial charge on any atom is 0.271 e. The highest BCUT2D eigenvalue weighted by molar-refractivity contribution is 6.31. The lowest BCUT2D eigenvalue weighted by Crippen LogP contribution is -2.37. The number of halogens is 1. The first-order chi connectivity index (χ1) is 12.6. The minimum absolute atomic E-state index is 0.0295. The van der Waals surface area contributed by atoms with Gasteiger partial charge in [-0.25, -0.2) is 0 Å². The zero-order valence-corrected chi connectivity index (χ0v) is 15.3. The number of aromatic nitrogens is 2. The summed E-state index contributed by atoms with van der Waals surface area (Å²) >= 11 is 6.09. The minimum atomic E-state index is -0.219. The third kappa shape index (κ3) is 4.42. The van der Waals surface area contributed by atoms with Gasteiger partial charge in [0, 0.05) is 30.8 Å². The van der Waals surface area contributed by atoms with Crippen LogP contribution in [0.4, 0.5) is 0 Å². The number of hydrogen-bond acceptors (Lipinski definition) is 4. The average Bonchev–Trinajstić information content (AvgIpc) is 3.15. The van der Waals surface area contributed by atoms with Gasteiger partial charge in [0.05, 0.1) is 25.6 Å². The van der Waals surface area contributed by atoms with Crippen LogP contribution in [0.15, 0.2) is 30.3 Å². The lowest BCUT2D eigenvalue weighted by atomic mass is 10.1. The number of methoxy groups -OCH3 is 1. The Hall–Kier alpha value is -2.38. The Morgan fingerprint density at radius 3 is 2.92 bits per heavy atom. The molecule has 0 unspecified atom stereocenters. The van der Waals surface area contributed by atoms with Crippen LogP contribution >= 0.6 is 11.6 Å². The number of ether oxygens (including phenoxy) is 1. The van der Waals surface area contributed by atoms with Gasteiger partial charge in [0.1, 0.15) is 5.69 Å². The number of nitrogens with zero attached hydrogens (tertiary/aromatic N) is 2. The second kappa shape index (κ2) is 8.33. The molecule has 138 valence electrons. The molecule has 0 saturated heterocycles. The number of carbonyl (C=O) groups is 2. The normalized spacial score (nSPS) is 15.5. The number of hydrogen-bond donors (Lipinski definition) is 2. The van der Waals surface area contributed by atoms with Crippen molar-refractivity contribution in [2.45, 2.75) is 25.4 Å². The van der Waals surface area contributed by atoms with Gasteiger partial charge in [0.2, 0.25) is 5.91 Å². The molecule has 1 aliphatic rings. The molecule has 0 fully saturated rings. The second-order valence-electron chi connectivity index (χ2n) is 6.19. The van der Waals surface area contributed by atoms with E-state index in [0.29, 0.717) is 36.8 Å². The molecule has 1 aliphatic heterocycles. The van der Waals surface area contributed by atoms with Crippen LogP contribution in [-0.4, -0.2) is 47.9 Å². The third-order valence-corrected chi connectivity index (χ3v) is 4.58. The van der Waals surface area contributed by atoms with Crippen molar-refractivity contribution in [2.24, 2.45) is 0 Å². The predicted molar refractivity (Wildman–Crippen MR) is 97.2 cm³/mol. The van der Waals surface area contributed by atoms with E-state index in [1.165, 1.54) is 0 Å². The number of benzene rings is 1. The molecule has 1 aromatic carbocycles. The fourth-order valence-electron chi connectivity index (χ4n) is 2.96. The molecule has 0 saturated carbocycles. The van der Waals surface area contributed by atoms with Crippen molar-refractivity contribution < 1.29 is 14.3 Å². The molecule has 2 heterocycles. The Labute approximate surface area is 156 Å². The summed E-state index contributed by atoms with van der Waals surface area (Å²) in [5.74, 6) is -0.297. The van der Waals surface area contributed by atoms with Crippen LogP contribution in [0.1, 0.15) is 21.7 Å². The zero-order valence-electron chi connectivity index (χ0n) is 14.5. The van der Waals surface area contributed by atoms with Crippen molar-refractivity contribution in [3.05, 3.63) is 52.3 Å².